The van der Waals surface area contributed by atoms with Crippen LogP contribution in [-0.4, -0.2) is 46.3 Å². The molecule has 6 nitrogen and oxygen atoms in total. The Bertz CT molecular complexity index is 1200. The quantitative estimate of drug-likeness (QED) is 0.570. The second-order valence-electron chi connectivity index (χ2n) is 9.54. The lowest BCUT2D eigenvalue weighted by Gasteiger charge is -2.22. The minimum atomic E-state index is -3.46. The zero-order valence-corrected chi connectivity index (χ0v) is 21.4. The molecule has 0 radical (unpaired) electrons. The van der Waals surface area contributed by atoms with Gasteiger partial charge in [0, 0.05) is 29.7 Å². The molecule has 8 heteroatoms. The highest BCUT2D eigenvalue weighted by molar-refractivity contribution is 7.92. The van der Waals surface area contributed by atoms with Crippen LogP contribution in [0.1, 0.15) is 41.3 Å². The summed E-state index contributed by atoms with van der Waals surface area (Å²) in [5.41, 5.74) is 2.85. The van der Waals surface area contributed by atoms with E-state index in [0.29, 0.717) is 28.1 Å². The van der Waals surface area contributed by atoms with Crippen molar-refractivity contribution in [3.63, 3.8) is 0 Å². The van der Waals surface area contributed by atoms with Crippen molar-refractivity contribution in [2.24, 2.45) is 11.8 Å². The predicted octanol–water partition coefficient (Wildman–Crippen LogP) is 4.11. The average Bonchev–Trinajstić information content (AvgIpc) is 3.33. The SMILES string of the molecule is C[C@H]1CC1C=Cc1cc(C(=O)NC2CCN[C@H]2Cc2cccc(Cl)c2)cc(N(C)S(C)(=O)=O)c1. The molecule has 1 heterocycles. The van der Waals surface area contributed by atoms with E-state index in [-0.39, 0.29) is 18.0 Å². The number of nitrogens with one attached hydrogen (secondary N) is 2. The van der Waals surface area contributed by atoms with E-state index >= 15 is 0 Å². The van der Waals surface area contributed by atoms with Gasteiger partial charge in [-0.25, -0.2) is 8.42 Å². The first-order chi connectivity index (χ1) is 16.1. The maximum absolute atomic E-state index is 13.3. The van der Waals surface area contributed by atoms with Gasteiger partial charge in [-0.2, -0.15) is 0 Å². The van der Waals surface area contributed by atoms with Crippen molar-refractivity contribution in [3.8, 4) is 0 Å². The molecule has 0 aromatic heterocycles. The lowest BCUT2D eigenvalue weighted by atomic mass is 10.00. The van der Waals surface area contributed by atoms with Crippen LogP contribution >= 0.6 is 11.6 Å². The fourth-order valence-electron chi connectivity index (χ4n) is 4.41. The van der Waals surface area contributed by atoms with Crippen LogP contribution in [0, 0.1) is 11.8 Å². The van der Waals surface area contributed by atoms with E-state index in [2.05, 4.69) is 23.6 Å². The van der Waals surface area contributed by atoms with Crippen LogP contribution in [0.25, 0.3) is 6.08 Å². The van der Waals surface area contributed by atoms with Crippen molar-refractivity contribution >= 4 is 39.3 Å². The first-order valence-electron chi connectivity index (χ1n) is 11.7. The molecule has 2 aromatic rings. The molecule has 4 atom stereocenters. The summed E-state index contributed by atoms with van der Waals surface area (Å²) in [4.78, 5) is 13.3. The highest BCUT2D eigenvalue weighted by atomic mass is 35.5. The van der Waals surface area contributed by atoms with Crippen molar-refractivity contribution in [1.82, 2.24) is 10.6 Å². The second kappa shape index (κ2) is 10.1. The number of nitrogens with zero attached hydrogens (tertiary/aromatic N) is 1. The largest absolute Gasteiger partial charge is 0.348 e. The average molecular weight is 502 g/mol. The molecule has 0 spiro atoms. The van der Waals surface area contributed by atoms with Gasteiger partial charge in [-0.3, -0.25) is 9.10 Å². The highest BCUT2D eigenvalue weighted by Crippen LogP contribution is 2.39. The lowest BCUT2D eigenvalue weighted by Crippen LogP contribution is -2.44. The van der Waals surface area contributed by atoms with E-state index in [1.807, 2.05) is 36.4 Å². The van der Waals surface area contributed by atoms with Crippen LogP contribution in [0.4, 0.5) is 5.69 Å². The van der Waals surface area contributed by atoms with E-state index < -0.39 is 10.0 Å². The lowest BCUT2D eigenvalue weighted by molar-refractivity contribution is 0.0933. The standard InChI is InChI=1S/C26H32ClN3O3S/c1-17-11-20(17)8-7-19-12-21(16-23(14-19)30(2)34(3,32)33)26(31)29-24-9-10-28-25(24)15-18-5-4-6-22(27)13-18/h4-8,12-14,16-17,20,24-25,28H,9-11,15H2,1-3H3,(H,29,31)/t17-,20?,24?,25-/m0/s1. The summed E-state index contributed by atoms with van der Waals surface area (Å²) in [6.45, 7) is 3.03. The van der Waals surface area contributed by atoms with Crippen molar-refractivity contribution in [2.75, 3.05) is 24.2 Å². The number of anilines is 1. The first-order valence-corrected chi connectivity index (χ1v) is 13.9. The Morgan fingerprint density at radius 2 is 2.03 bits per heavy atom. The van der Waals surface area contributed by atoms with E-state index in [1.165, 1.54) is 11.4 Å². The van der Waals surface area contributed by atoms with Crippen LogP contribution in [0.2, 0.25) is 5.02 Å². The maximum atomic E-state index is 13.3. The van der Waals surface area contributed by atoms with Gasteiger partial charge in [0.05, 0.1) is 11.9 Å². The molecular formula is C26H32ClN3O3S. The number of carbonyl (C=O) groups is 1. The summed E-state index contributed by atoms with van der Waals surface area (Å²) in [5, 5.41) is 7.35. The maximum Gasteiger partial charge on any atom is 0.251 e. The second-order valence-corrected chi connectivity index (χ2v) is 12.0. The molecule has 2 aliphatic rings. The fourth-order valence-corrected chi connectivity index (χ4v) is 5.11. The third-order valence-electron chi connectivity index (χ3n) is 6.78. The fraction of sp³-hybridized carbons (Fsp3) is 0.423. The monoisotopic (exact) mass is 501 g/mol. The van der Waals surface area contributed by atoms with Crippen molar-refractivity contribution in [2.45, 2.75) is 38.3 Å². The summed E-state index contributed by atoms with van der Waals surface area (Å²) in [6.07, 6.45) is 8.04. The van der Waals surface area contributed by atoms with Gasteiger partial charge in [0.1, 0.15) is 0 Å². The van der Waals surface area contributed by atoms with Gasteiger partial charge in [-0.1, -0.05) is 42.8 Å². The molecule has 182 valence electrons. The van der Waals surface area contributed by atoms with Crippen LogP contribution in [0.5, 0.6) is 0 Å². The summed E-state index contributed by atoms with van der Waals surface area (Å²) in [6, 6.07) is 13.1. The molecule has 1 saturated heterocycles. The number of sulfonamides is 1. The summed E-state index contributed by atoms with van der Waals surface area (Å²) in [7, 11) is -1.95. The predicted molar refractivity (Wildman–Crippen MR) is 139 cm³/mol. The topological polar surface area (TPSA) is 78.5 Å². The Morgan fingerprint density at radius 1 is 1.26 bits per heavy atom. The third-order valence-corrected chi connectivity index (χ3v) is 8.22. The van der Waals surface area contributed by atoms with E-state index in [1.54, 1.807) is 12.1 Å². The molecular weight excluding hydrogens is 470 g/mol. The molecule has 34 heavy (non-hydrogen) atoms. The number of amides is 1. The number of carbonyl (C=O) groups excluding carboxylic acids is 1. The number of allylic oxidation sites excluding steroid dienone is 1. The minimum Gasteiger partial charge on any atom is -0.348 e. The molecule has 2 fully saturated rings. The minimum absolute atomic E-state index is 0.0333. The van der Waals surface area contributed by atoms with Gasteiger partial charge in [-0.15, -0.1) is 0 Å². The Kier molecular flexibility index (Phi) is 7.36. The van der Waals surface area contributed by atoms with E-state index in [4.69, 9.17) is 11.6 Å². The first kappa shape index (κ1) is 24.8. The molecule has 4 rings (SSSR count). The summed E-state index contributed by atoms with van der Waals surface area (Å²) in [5.74, 6) is 1.01. The molecule has 2 unspecified atom stereocenters. The zero-order valence-electron chi connectivity index (χ0n) is 19.8. The summed E-state index contributed by atoms with van der Waals surface area (Å²) >= 11 is 6.13. The Morgan fingerprint density at radius 3 is 2.71 bits per heavy atom. The molecule has 2 aromatic carbocycles. The van der Waals surface area contributed by atoms with E-state index in [9.17, 15) is 13.2 Å². The van der Waals surface area contributed by atoms with Crippen LogP contribution in [0.3, 0.4) is 0 Å². The normalized spacial score (nSPS) is 24.4. The molecule has 1 saturated carbocycles. The van der Waals surface area contributed by atoms with Gasteiger partial charge in [-0.05, 0) is 79.1 Å². The number of benzene rings is 2. The smallest absolute Gasteiger partial charge is 0.251 e. The summed E-state index contributed by atoms with van der Waals surface area (Å²) < 4.78 is 25.5. The van der Waals surface area contributed by atoms with Gasteiger partial charge >= 0.3 is 0 Å². The van der Waals surface area contributed by atoms with Gasteiger partial charge in [0.2, 0.25) is 10.0 Å². The van der Waals surface area contributed by atoms with Crippen LogP contribution < -0.4 is 14.9 Å². The number of rotatable bonds is 8. The number of halogens is 1. The Hall–Kier alpha value is -2.35. The van der Waals surface area contributed by atoms with Gasteiger partial charge < -0.3 is 10.6 Å². The van der Waals surface area contributed by atoms with Crippen LogP contribution in [-0.2, 0) is 16.4 Å². The molecule has 0 bridgehead atoms. The highest BCUT2D eigenvalue weighted by Gasteiger charge is 2.30. The Labute approximate surface area is 207 Å². The molecule has 1 aliphatic carbocycles. The number of hydrogen-bond acceptors (Lipinski definition) is 4. The van der Waals surface area contributed by atoms with Crippen LogP contribution in [0.15, 0.2) is 48.5 Å². The van der Waals surface area contributed by atoms with Crippen molar-refractivity contribution < 1.29 is 13.2 Å². The van der Waals surface area contributed by atoms with Gasteiger partial charge in [0.25, 0.3) is 5.91 Å². The van der Waals surface area contributed by atoms with E-state index in [0.717, 1.165) is 43.2 Å². The Balaban J connectivity index is 1.54. The molecule has 1 amide bonds. The van der Waals surface area contributed by atoms with Gasteiger partial charge in [0.15, 0.2) is 0 Å². The molecule has 1 aliphatic heterocycles. The van der Waals surface area contributed by atoms with Crippen molar-refractivity contribution in [1.29, 1.82) is 0 Å². The number of hydrogen-bond donors (Lipinski definition) is 2. The molecule has 2 N–H and O–H groups in total. The van der Waals surface area contributed by atoms with Crippen molar-refractivity contribution in [3.05, 3.63) is 70.3 Å². The third kappa shape index (κ3) is 6.20. The zero-order chi connectivity index (χ0) is 24.5.